The van der Waals surface area contributed by atoms with Gasteiger partial charge in [0.2, 0.25) is 0 Å². The number of para-hydroxylation sites is 2. The van der Waals surface area contributed by atoms with Crippen LogP contribution in [0.5, 0.6) is 0 Å². The molecular formula is C86H59BN4. The van der Waals surface area contributed by atoms with E-state index in [9.17, 15) is 0 Å². The third-order valence-electron chi connectivity index (χ3n) is 19.9. The van der Waals surface area contributed by atoms with Crippen molar-refractivity contribution in [3.63, 3.8) is 0 Å². The molecule has 17 aromatic rings. The lowest BCUT2D eigenvalue weighted by Crippen LogP contribution is -2.61. The van der Waals surface area contributed by atoms with Gasteiger partial charge in [0.25, 0.3) is 6.71 Å². The molecule has 0 bridgehead atoms. The quantitative estimate of drug-likeness (QED) is 0.154. The predicted octanol–water partition coefficient (Wildman–Crippen LogP) is 21.2. The van der Waals surface area contributed by atoms with Crippen LogP contribution in [0.1, 0.15) is 26.3 Å². The molecule has 15 aromatic carbocycles. The molecule has 0 N–H and O–H groups in total. The van der Waals surface area contributed by atoms with Gasteiger partial charge >= 0.3 is 0 Å². The van der Waals surface area contributed by atoms with Crippen molar-refractivity contribution in [1.82, 2.24) is 9.13 Å². The SMILES string of the molecule is CC(C)(C)c1cc2c3c(c1)N(c1ccccc1)c1cc(-n4c5ccc(-c6ccc7ccccc7c6)cc5c5c6ccccc6ccc54)ccc1B3c1ccc(-n3c4ccc(-c5ccc6ccccc6c5)cc4c4c5ccccc5ccc43)cc1N2c1ccccc1. The average molecular weight is 1160 g/mol. The van der Waals surface area contributed by atoms with Crippen molar-refractivity contribution in [2.75, 3.05) is 9.80 Å². The molecule has 0 spiro atoms. The van der Waals surface area contributed by atoms with E-state index in [1.165, 1.54) is 154 Å². The lowest BCUT2D eigenvalue weighted by molar-refractivity contribution is 0.590. The molecule has 19 rings (SSSR count). The summed E-state index contributed by atoms with van der Waals surface area (Å²) in [5.74, 6) is 0. The molecule has 426 valence electrons. The highest BCUT2D eigenvalue weighted by molar-refractivity contribution is 7.00. The summed E-state index contributed by atoms with van der Waals surface area (Å²) in [6.45, 7) is 6.97. The molecule has 2 aromatic heterocycles. The Balaban J connectivity index is 0.856. The van der Waals surface area contributed by atoms with E-state index in [4.69, 9.17) is 0 Å². The number of nitrogens with zero attached hydrogens (tertiary/aromatic N) is 4. The lowest BCUT2D eigenvalue weighted by Gasteiger charge is -2.45. The van der Waals surface area contributed by atoms with Crippen LogP contribution in [0.25, 0.3) is 120 Å². The van der Waals surface area contributed by atoms with E-state index in [0.29, 0.717) is 0 Å². The number of benzene rings is 15. The molecule has 0 unspecified atom stereocenters. The van der Waals surface area contributed by atoms with Crippen molar-refractivity contribution in [3.8, 4) is 33.6 Å². The Morgan fingerprint density at radius 3 is 1.09 bits per heavy atom. The minimum atomic E-state index is -0.190. The zero-order chi connectivity index (χ0) is 60.2. The fourth-order valence-corrected chi connectivity index (χ4v) is 15.6. The van der Waals surface area contributed by atoms with E-state index < -0.39 is 0 Å². The number of hydrogen-bond donors (Lipinski definition) is 0. The van der Waals surface area contributed by atoms with Crippen LogP contribution in [0.3, 0.4) is 0 Å². The van der Waals surface area contributed by atoms with Crippen LogP contribution in [0.4, 0.5) is 34.1 Å². The number of rotatable bonds is 6. The fourth-order valence-electron chi connectivity index (χ4n) is 15.6. The van der Waals surface area contributed by atoms with Gasteiger partial charge in [0.1, 0.15) is 0 Å². The summed E-state index contributed by atoms with van der Waals surface area (Å²) in [5.41, 5.74) is 23.7. The van der Waals surface area contributed by atoms with Crippen molar-refractivity contribution < 1.29 is 0 Å². The van der Waals surface area contributed by atoms with Crippen LogP contribution < -0.4 is 26.2 Å². The first-order chi connectivity index (χ1) is 44.8. The third-order valence-corrected chi connectivity index (χ3v) is 19.9. The molecule has 4 heterocycles. The van der Waals surface area contributed by atoms with Gasteiger partial charge in [-0.25, -0.2) is 0 Å². The van der Waals surface area contributed by atoms with Crippen LogP contribution in [0.2, 0.25) is 0 Å². The maximum absolute atomic E-state index is 2.57. The molecule has 0 amide bonds. The normalized spacial score (nSPS) is 12.9. The Labute approximate surface area is 528 Å². The minimum absolute atomic E-state index is 0.106. The van der Waals surface area contributed by atoms with E-state index in [1.54, 1.807) is 0 Å². The second-order valence-corrected chi connectivity index (χ2v) is 26.1. The van der Waals surface area contributed by atoms with Gasteiger partial charge in [0.15, 0.2) is 0 Å². The van der Waals surface area contributed by atoms with Crippen molar-refractivity contribution >= 4 is 144 Å². The molecule has 91 heavy (non-hydrogen) atoms. The molecule has 0 atom stereocenters. The van der Waals surface area contributed by atoms with E-state index in [1.807, 2.05) is 0 Å². The van der Waals surface area contributed by atoms with Gasteiger partial charge < -0.3 is 18.9 Å². The van der Waals surface area contributed by atoms with Gasteiger partial charge in [0.05, 0.1) is 22.1 Å². The zero-order valence-electron chi connectivity index (χ0n) is 50.7. The van der Waals surface area contributed by atoms with E-state index >= 15 is 0 Å². The number of anilines is 6. The molecule has 0 saturated heterocycles. The van der Waals surface area contributed by atoms with Gasteiger partial charge in [-0.2, -0.15) is 0 Å². The summed E-state index contributed by atoms with van der Waals surface area (Å²) in [5, 5.41) is 14.9. The minimum Gasteiger partial charge on any atom is -0.311 e. The highest BCUT2D eigenvalue weighted by atomic mass is 15.2. The molecule has 4 nitrogen and oxygen atoms in total. The van der Waals surface area contributed by atoms with Crippen molar-refractivity contribution in [2.24, 2.45) is 0 Å². The summed E-state index contributed by atoms with van der Waals surface area (Å²) in [6, 6.07) is 114. The topological polar surface area (TPSA) is 16.3 Å². The largest absolute Gasteiger partial charge is 0.311 e. The lowest BCUT2D eigenvalue weighted by atomic mass is 9.33. The second kappa shape index (κ2) is 19.6. The molecular weight excluding hydrogens is 1100 g/mol. The Morgan fingerprint density at radius 2 is 0.637 bits per heavy atom. The molecule has 2 aliphatic rings. The summed E-state index contributed by atoms with van der Waals surface area (Å²) in [4.78, 5) is 5.14. The zero-order valence-corrected chi connectivity index (χ0v) is 50.7. The van der Waals surface area contributed by atoms with Gasteiger partial charge in [-0.15, -0.1) is 0 Å². The van der Waals surface area contributed by atoms with Crippen LogP contribution in [-0.2, 0) is 5.41 Å². The average Bonchev–Trinajstić information content (AvgIpc) is 1.14. The molecule has 0 aliphatic carbocycles. The molecule has 0 saturated carbocycles. The predicted molar refractivity (Wildman–Crippen MR) is 389 cm³/mol. The Hall–Kier alpha value is -11.4. The highest BCUT2D eigenvalue weighted by Gasteiger charge is 2.44. The van der Waals surface area contributed by atoms with Crippen LogP contribution >= 0.6 is 0 Å². The van der Waals surface area contributed by atoms with E-state index in [0.717, 1.165) is 22.7 Å². The summed E-state index contributed by atoms with van der Waals surface area (Å²) < 4.78 is 5.05. The van der Waals surface area contributed by atoms with Gasteiger partial charge in [-0.05, 0) is 202 Å². The second-order valence-electron chi connectivity index (χ2n) is 26.1. The Morgan fingerprint density at radius 1 is 0.264 bits per heavy atom. The number of fused-ring (bicyclic) bond motifs is 16. The monoisotopic (exact) mass is 1160 g/mol. The van der Waals surface area contributed by atoms with Crippen LogP contribution in [-0.4, -0.2) is 15.8 Å². The van der Waals surface area contributed by atoms with Crippen LogP contribution in [0.15, 0.2) is 303 Å². The Bertz CT molecular complexity index is 5560. The van der Waals surface area contributed by atoms with Gasteiger partial charge in [0, 0.05) is 67.0 Å². The number of aromatic nitrogens is 2. The Kier molecular flexibility index (Phi) is 11.1. The standard InChI is InChI=1S/C86H59BN4/c1-86(2,3)64-50-81-85-82(51-64)89(66-26-8-5-9-27-66)80-53-68(91-76-43-37-63(61-33-31-55-19-11-13-23-59(55)47-61)49-72(76)84-70-29-17-15-21-57(70)35-45-78(84)91)39-41-74(80)87(85)73-40-38-67(52-79(73)88(81)65-24-6-4-7-25-65)90-75-42-36-62(60-32-30-54-18-10-12-22-58(54)46-60)48-71(75)83-69-28-16-14-20-56(69)34-44-77(83)90/h4-53H,1-3H3. The van der Waals surface area contributed by atoms with Gasteiger partial charge in [-0.3, -0.25) is 0 Å². The number of hydrogen-bond acceptors (Lipinski definition) is 2. The summed E-state index contributed by atoms with van der Waals surface area (Å²) >= 11 is 0. The van der Waals surface area contributed by atoms with E-state index in [2.05, 4.69) is 343 Å². The van der Waals surface area contributed by atoms with Gasteiger partial charge in [-0.1, -0.05) is 215 Å². The molecule has 0 radical (unpaired) electrons. The maximum Gasteiger partial charge on any atom is 0.252 e. The first-order valence-corrected chi connectivity index (χ1v) is 31.8. The summed E-state index contributed by atoms with van der Waals surface area (Å²) in [7, 11) is 0. The fraction of sp³-hybridized carbons (Fsp3) is 0.0465. The molecule has 5 heteroatoms. The van der Waals surface area contributed by atoms with Crippen LogP contribution in [0, 0.1) is 0 Å². The molecule has 2 aliphatic heterocycles. The maximum atomic E-state index is 2.57. The van der Waals surface area contributed by atoms with Crippen molar-refractivity contribution in [3.05, 3.63) is 309 Å². The highest BCUT2D eigenvalue weighted by Crippen LogP contribution is 2.49. The summed E-state index contributed by atoms with van der Waals surface area (Å²) in [6.07, 6.45) is 0. The van der Waals surface area contributed by atoms with Crippen molar-refractivity contribution in [1.29, 1.82) is 0 Å². The van der Waals surface area contributed by atoms with Crippen molar-refractivity contribution in [2.45, 2.75) is 26.2 Å². The third kappa shape index (κ3) is 7.84. The molecule has 0 fully saturated rings. The first-order valence-electron chi connectivity index (χ1n) is 31.8. The van der Waals surface area contributed by atoms with E-state index in [-0.39, 0.29) is 12.1 Å². The smallest absolute Gasteiger partial charge is 0.252 e. The first kappa shape index (κ1) is 51.6.